The normalized spacial score (nSPS) is 10.0. The molecule has 3 nitrogen and oxygen atoms in total. The van der Waals surface area contributed by atoms with Gasteiger partial charge in [-0.05, 0) is 27.7 Å². The van der Waals surface area contributed by atoms with Crippen LogP contribution in [-0.2, 0) is 40.5 Å². The summed E-state index contributed by atoms with van der Waals surface area (Å²) in [5, 5.41) is 0. The molecule has 0 N–H and O–H groups in total. The minimum Gasteiger partial charge on any atom is -0.460 e. The van der Waals surface area contributed by atoms with Gasteiger partial charge in [-0.2, -0.15) is 0 Å². The number of carbonyl (C=O) groups excluding carboxylic acids is 2. The largest absolute Gasteiger partial charge is 0.460 e. The summed E-state index contributed by atoms with van der Waals surface area (Å²) in [5.74, 6) is -0.621. The number of Topliss-reactive ketones (excluding diaryl/α,β-unsaturated/α-hetero) is 1. The number of hydrogen-bond donors (Lipinski definition) is 0. The molecule has 0 aromatic carbocycles. The Morgan fingerprint density at radius 1 is 1.25 bits per heavy atom. The third kappa shape index (κ3) is 10.0. The van der Waals surface area contributed by atoms with Gasteiger partial charge in [-0.15, -0.1) is 0 Å². The summed E-state index contributed by atoms with van der Waals surface area (Å²) in [6.45, 7) is 6.67. The van der Waals surface area contributed by atoms with Gasteiger partial charge < -0.3 is 4.74 Å². The molecular weight excluding hydrogens is 235 g/mol. The predicted octanol–water partition coefficient (Wildman–Crippen LogP) is 1.30. The smallest absolute Gasteiger partial charge is 0.313 e. The Morgan fingerprint density at radius 3 is 1.92 bits per heavy atom. The summed E-state index contributed by atoms with van der Waals surface area (Å²) >= 11 is 0. The van der Waals surface area contributed by atoms with Crippen molar-refractivity contribution in [2.24, 2.45) is 0 Å². The molecule has 0 spiro atoms. The molecule has 0 radical (unpaired) electrons. The number of hydrogen-bond acceptors (Lipinski definition) is 3. The van der Waals surface area contributed by atoms with Gasteiger partial charge in [0.2, 0.25) is 0 Å². The summed E-state index contributed by atoms with van der Waals surface area (Å²) in [4.78, 5) is 21.3. The number of ether oxygens (including phenoxy) is 1. The van der Waals surface area contributed by atoms with E-state index in [1.54, 1.807) is 20.8 Å². The molecule has 0 amide bonds. The van der Waals surface area contributed by atoms with Crippen molar-refractivity contribution < 1.29 is 40.5 Å². The summed E-state index contributed by atoms with van der Waals surface area (Å²) in [7, 11) is 0. The number of carbonyl (C=O) groups is 2. The fourth-order valence-corrected chi connectivity index (χ4v) is 0.581. The standard InChI is InChI=1S/C8H14O3.Zr/c1-6(9)5-7(10)11-8(2,3)4;/h5H2,1-4H3;. The molecule has 0 saturated carbocycles. The van der Waals surface area contributed by atoms with Gasteiger partial charge >= 0.3 is 5.97 Å². The van der Waals surface area contributed by atoms with Crippen molar-refractivity contribution in [3.8, 4) is 0 Å². The average molecular weight is 249 g/mol. The SMILES string of the molecule is CC(=O)CC(=O)OC(C)(C)C.[Zr]. The first-order chi connectivity index (χ1) is 4.81. The molecule has 0 aromatic rings. The second-order valence-electron chi connectivity index (χ2n) is 3.47. The van der Waals surface area contributed by atoms with Gasteiger partial charge in [-0.1, -0.05) is 0 Å². The Balaban J connectivity index is 0. The predicted molar refractivity (Wildman–Crippen MR) is 41.1 cm³/mol. The van der Waals surface area contributed by atoms with Crippen molar-refractivity contribution in [3.05, 3.63) is 0 Å². The van der Waals surface area contributed by atoms with E-state index in [0.717, 1.165) is 0 Å². The second kappa shape index (κ2) is 5.63. The molecule has 0 fully saturated rings. The van der Waals surface area contributed by atoms with Crippen molar-refractivity contribution in [3.63, 3.8) is 0 Å². The minimum absolute atomic E-state index is 0. The second-order valence-corrected chi connectivity index (χ2v) is 3.47. The number of rotatable bonds is 2. The molecule has 0 heterocycles. The van der Waals surface area contributed by atoms with E-state index in [2.05, 4.69) is 0 Å². The van der Waals surface area contributed by atoms with E-state index in [1.165, 1.54) is 6.92 Å². The maximum atomic E-state index is 10.8. The van der Waals surface area contributed by atoms with E-state index in [1.807, 2.05) is 0 Å². The first-order valence-electron chi connectivity index (χ1n) is 3.52. The van der Waals surface area contributed by atoms with Crippen LogP contribution in [0, 0.1) is 0 Å². The van der Waals surface area contributed by atoms with Crippen LogP contribution in [0.5, 0.6) is 0 Å². The minimum atomic E-state index is -0.494. The Bertz CT molecular complexity index is 170. The summed E-state index contributed by atoms with van der Waals surface area (Å²) < 4.78 is 4.89. The zero-order valence-corrected chi connectivity index (χ0v) is 10.4. The summed E-state index contributed by atoms with van der Waals surface area (Å²) in [6, 6.07) is 0. The molecule has 4 heteroatoms. The molecule has 12 heavy (non-hydrogen) atoms. The van der Waals surface area contributed by atoms with Crippen LogP contribution in [-0.4, -0.2) is 17.4 Å². The third-order valence-electron chi connectivity index (χ3n) is 0.813. The topological polar surface area (TPSA) is 43.4 Å². The van der Waals surface area contributed by atoms with Crippen LogP contribution in [0.2, 0.25) is 0 Å². The summed E-state index contributed by atoms with van der Waals surface area (Å²) in [5.41, 5.74) is -0.494. The fourth-order valence-electron chi connectivity index (χ4n) is 0.581. The fraction of sp³-hybridized carbons (Fsp3) is 0.750. The van der Waals surface area contributed by atoms with Crippen LogP contribution < -0.4 is 0 Å². The van der Waals surface area contributed by atoms with E-state index in [0.29, 0.717) is 0 Å². The van der Waals surface area contributed by atoms with E-state index in [4.69, 9.17) is 4.74 Å². The Morgan fingerprint density at radius 2 is 1.67 bits per heavy atom. The molecule has 0 rings (SSSR count). The van der Waals surface area contributed by atoms with E-state index >= 15 is 0 Å². The maximum absolute atomic E-state index is 10.8. The average Bonchev–Trinajstić information content (AvgIpc) is 1.53. The molecule has 0 aliphatic carbocycles. The van der Waals surface area contributed by atoms with Crippen molar-refractivity contribution in [1.29, 1.82) is 0 Å². The first kappa shape index (κ1) is 14.5. The molecule has 0 atom stereocenters. The van der Waals surface area contributed by atoms with Crippen LogP contribution in [0.4, 0.5) is 0 Å². The van der Waals surface area contributed by atoms with Crippen LogP contribution in [0.1, 0.15) is 34.1 Å². The molecular formula is C8H14O3Zr. The van der Waals surface area contributed by atoms with Crippen LogP contribution in [0.15, 0.2) is 0 Å². The third-order valence-corrected chi connectivity index (χ3v) is 0.813. The van der Waals surface area contributed by atoms with Gasteiger partial charge in [-0.3, -0.25) is 9.59 Å². The zero-order chi connectivity index (χ0) is 9.07. The molecule has 0 unspecified atom stereocenters. The van der Waals surface area contributed by atoms with Crippen LogP contribution in [0.3, 0.4) is 0 Å². The Hall–Kier alpha value is 0.0231. The quantitative estimate of drug-likeness (QED) is 0.547. The monoisotopic (exact) mass is 248 g/mol. The van der Waals surface area contributed by atoms with Gasteiger partial charge in [0.05, 0.1) is 0 Å². The van der Waals surface area contributed by atoms with E-state index in [-0.39, 0.29) is 38.4 Å². The van der Waals surface area contributed by atoms with Crippen molar-refractivity contribution >= 4 is 11.8 Å². The van der Waals surface area contributed by atoms with Gasteiger partial charge in [0.15, 0.2) is 0 Å². The first-order valence-corrected chi connectivity index (χ1v) is 3.52. The van der Waals surface area contributed by atoms with Crippen molar-refractivity contribution in [2.45, 2.75) is 39.7 Å². The molecule has 0 aliphatic rings. The Kier molecular flexibility index (Phi) is 6.82. The van der Waals surface area contributed by atoms with E-state index < -0.39 is 11.6 Å². The number of esters is 1. The van der Waals surface area contributed by atoms with Crippen molar-refractivity contribution in [2.75, 3.05) is 0 Å². The van der Waals surface area contributed by atoms with Crippen LogP contribution in [0.25, 0.3) is 0 Å². The van der Waals surface area contributed by atoms with Gasteiger partial charge in [0.25, 0.3) is 0 Å². The van der Waals surface area contributed by atoms with Crippen LogP contribution >= 0.6 is 0 Å². The molecule has 0 aromatic heterocycles. The zero-order valence-electron chi connectivity index (χ0n) is 7.93. The Labute approximate surface area is 92.0 Å². The van der Waals surface area contributed by atoms with Gasteiger partial charge in [-0.25, -0.2) is 0 Å². The van der Waals surface area contributed by atoms with Gasteiger partial charge in [0.1, 0.15) is 17.8 Å². The summed E-state index contributed by atoms with van der Waals surface area (Å²) in [6.07, 6.45) is -0.128. The molecule has 0 aliphatic heterocycles. The van der Waals surface area contributed by atoms with Gasteiger partial charge in [0, 0.05) is 26.2 Å². The number of ketones is 1. The molecule has 68 valence electrons. The van der Waals surface area contributed by atoms with Crippen molar-refractivity contribution in [1.82, 2.24) is 0 Å². The van der Waals surface area contributed by atoms with E-state index in [9.17, 15) is 9.59 Å². The molecule has 0 bridgehead atoms. The maximum Gasteiger partial charge on any atom is 0.313 e. The molecule has 0 saturated heterocycles.